The molecule has 1 atom stereocenters. The molecule has 5 nitrogen and oxygen atoms in total. The SMILES string of the molecule is CCOC(=O)C(O)c1cc(OC)c(OC)c(Br)c1CC. The second-order valence-electron chi connectivity index (χ2n) is 4.00. The second-order valence-corrected chi connectivity index (χ2v) is 4.79. The van der Waals surface area contributed by atoms with E-state index in [-0.39, 0.29) is 6.61 Å². The number of carbonyl (C=O) groups is 1. The van der Waals surface area contributed by atoms with Crippen LogP contribution in [0.5, 0.6) is 11.5 Å². The molecule has 0 bridgehead atoms. The van der Waals surface area contributed by atoms with Gasteiger partial charge >= 0.3 is 5.97 Å². The fourth-order valence-corrected chi connectivity index (χ4v) is 2.83. The highest BCUT2D eigenvalue weighted by molar-refractivity contribution is 9.10. The van der Waals surface area contributed by atoms with Gasteiger partial charge in [-0.15, -0.1) is 0 Å². The number of ether oxygens (including phenoxy) is 3. The van der Waals surface area contributed by atoms with Crippen molar-refractivity contribution in [1.82, 2.24) is 0 Å². The molecule has 0 aliphatic heterocycles. The highest BCUT2D eigenvalue weighted by atomic mass is 79.9. The zero-order chi connectivity index (χ0) is 15.3. The highest BCUT2D eigenvalue weighted by Gasteiger charge is 2.26. The van der Waals surface area contributed by atoms with Gasteiger partial charge in [0.2, 0.25) is 0 Å². The van der Waals surface area contributed by atoms with E-state index in [1.54, 1.807) is 13.0 Å². The Balaban J connectivity index is 3.38. The van der Waals surface area contributed by atoms with Crippen LogP contribution in [0.4, 0.5) is 0 Å². The summed E-state index contributed by atoms with van der Waals surface area (Å²) in [5.74, 6) is 0.292. The number of hydrogen-bond donors (Lipinski definition) is 1. The van der Waals surface area contributed by atoms with Crippen molar-refractivity contribution in [3.63, 3.8) is 0 Å². The molecular weight excluding hydrogens is 328 g/mol. The fraction of sp³-hybridized carbons (Fsp3) is 0.500. The van der Waals surface area contributed by atoms with E-state index >= 15 is 0 Å². The molecule has 1 aromatic carbocycles. The largest absolute Gasteiger partial charge is 0.493 e. The number of esters is 1. The minimum atomic E-state index is -1.35. The molecule has 20 heavy (non-hydrogen) atoms. The minimum absolute atomic E-state index is 0.214. The predicted octanol–water partition coefficient (Wildman–Crippen LogP) is 2.63. The average Bonchev–Trinajstić information content (AvgIpc) is 2.45. The molecule has 1 rings (SSSR count). The lowest BCUT2D eigenvalue weighted by Crippen LogP contribution is -2.17. The number of aliphatic hydroxyl groups excluding tert-OH is 1. The maximum atomic E-state index is 11.7. The van der Waals surface area contributed by atoms with Crippen LogP contribution in [-0.4, -0.2) is 31.9 Å². The Morgan fingerprint density at radius 3 is 2.45 bits per heavy atom. The average molecular weight is 347 g/mol. The molecule has 0 saturated carbocycles. The van der Waals surface area contributed by atoms with Crippen molar-refractivity contribution in [2.45, 2.75) is 26.4 Å². The van der Waals surface area contributed by atoms with Crippen LogP contribution in [0.2, 0.25) is 0 Å². The first-order chi connectivity index (χ1) is 9.51. The van der Waals surface area contributed by atoms with Crippen molar-refractivity contribution in [2.75, 3.05) is 20.8 Å². The van der Waals surface area contributed by atoms with Crippen LogP contribution in [0.1, 0.15) is 31.1 Å². The van der Waals surface area contributed by atoms with Crippen molar-refractivity contribution in [3.8, 4) is 11.5 Å². The van der Waals surface area contributed by atoms with Gasteiger partial charge in [0, 0.05) is 0 Å². The zero-order valence-corrected chi connectivity index (χ0v) is 13.6. The van der Waals surface area contributed by atoms with Gasteiger partial charge in [0.05, 0.1) is 25.3 Å². The van der Waals surface area contributed by atoms with Crippen LogP contribution < -0.4 is 9.47 Å². The molecule has 1 N–H and O–H groups in total. The molecule has 6 heteroatoms. The highest BCUT2D eigenvalue weighted by Crippen LogP contribution is 2.41. The number of rotatable bonds is 6. The Morgan fingerprint density at radius 1 is 1.35 bits per heavy atom. The molecule has 0 saturated heterocycles. The van der Waals surface area contributed by atoms with Crippen molar-refractivity contribution >= 4 is 21.9 Å². The van der Waals surface area contributed by atoms with Crippen LogP contribution in [0.3, 0.4) is 0 Å². The first-order valence-corrected chi connectivity index (χ1v) is 7.08. The molecule has 0 fully saturated rings. The number of aliphatic hydroxyl groups is 1. The number of halogens is 1. The molecule has 0 radical (unpaired) electrons. The van der Waals surface area contributed by atoms with Crippen LogP contribution in [0.15, 0.2) is 10.5 Å². The standard InChI is InChI=1S/C14H19BrO5/c1-5-8-9(12(16)14(17)20-6-2)7-10(18-3)13(19-4)11(8)15/h7,12,16H,5-6H2,1-4H3. The van der Waals surface area contributed by atoms with E-state index in [1.807, 2.05) is 6.92 Å². The quantitative estimate of drug-likeness (QED) is 0.802. The molecular formula is C14H19BrO5. The first-order valence-electron chi connectivity index (χ1n) is 6.29. The monoisotopic (exact) mass is 346 g/mol. The summed E-state index contributed by atoms with van der Waals surface area (Å²) < 4.78 is 16.0. The molecule has 0 aromatic heterocycles. The van der Waals surface area contributed by atoms with E-state index in [2.05, 4.69) is 15.9 Å². The van der Waals surface area contributed by atoms with Crippen molar-refractivity contribution in [3.05, 3.63) is 21.7 Å². The molecule has 1 aromatic rings. The Kier molecular flexibility index (Phi) is 6.29. The number of benzene rings is 1. The van der Waals surface area contributed by atoms with Gasteiger partial charge in [0.25, 0.3) is 0 Å². The third-order valence-corrected chi connectivity index (χ3v) is 3.74. The summed E-state index contributed by atoms with van der Waals surface area (Å²) in [6, 6.07) is 1.60. The molecule has 112 valence electrons. The number of methoxy groups -OCH3 is 2. The smallest absolute Gasteiger partial charge is 0.339 e. The third kappa shape index (κ3) is 3.24. The fourth-order valence-electron chi connectivity index (χ4n) is 1.96. The number of hydrogen-bond acceptors (Lipinski definition) is 5. The third-order valence-electron chi connectivity index (χ3n) is 2.91. The molecule has 0 heterocycles. The predicted molar refractivity (Wildman–Crippen MR) is 78.2 cm³/mol. The van der Waals surface area contributed by atoms with Gasteiger partial charge in [0.1, 0.15) is 0 Å². The lowest BCUT2D eigenvalue weighted by atomic mass is 9.99. The van der Waals surface area contributed by atoms with Gasteiger partial charge in [-0.25, -0.2) is 4.79 Å². The Hall–Kier alpha value is -1.27. The van der Waals surface area contributed by atoms with Gasteiger partial charge < -0.3 is 19.3 Å². The van der Waals surface area contributed by atoms with E-state index in [0.717, 1.165) is 5.56 Å². The first kappa shape index (κ1) is 16.8. The lowest BCUT2D eigenvalue weighted by Gasteiger charge is -2.19. The summed E-state index contributed by atoms with van der Waals surface area (Å²) in [6.07, 6.45) is -0.728. The van der Waals surface area contributed by atoms with E-state index in [9.17, 15) is 9.90 Å². The van der Waals surface area contributed by atoms with Crippen molar-refractivity contribution in [2.24, 2.45) is 0 Å². The summed E-state index contributed by atoms with van der Waals surface area (Å²) in [5.41, 5.74) is 1.23. The minimum Gasteiger partial charge on any atom is -0.493 e. The summed E-state index contributed by atoms with van der Waals surface area (Å²) in [4.78, 5) is 11.7. The Labute approximate surface area is 127 Å². The van der Waals surface area contributed by atoms with E-state index < -0.39 is 12.1 Å². The van der Waals surface area contributed by atoms with Gasteiger partial charge in [0.15, 0.2) is 17.6 Å². The normalized spacial score (nSPS) is 11.9. The lowest BCUT2D eigenvalue weighted by molar-refractivity contribution is -0.153. The summed E-state index contributed by atoms with van der Waals surface area (Å²) in [7, 11) is 3.03. The molecule has 0 aliphatic rings. The Morgan fingerprint density at radius 2 is 2.00 bits per heavy atom. The summed E-state index contributed by atoms with van der Waals surface area (Å²) >= 11 is 3.43. The van der Waals surface area contributed by atoms with Crippen molar-refractivity contribution in [1.29, 1.82) is 0 Å². The second kappa shape index (κ2) is 7.50. The van der Waals surface area contributed by atoms with Crippen LogP contribution in [0, 0.1) is 0 Å². The van der Waals surface area contributed by atoms with Crippen LogP contribution in [-0.2, 0) is 16.0 Å². The molecule has 1 unspecified atom stereocenters. The molecule has 0 spiro atoms. The van der Waals surface area contributed by atoms with Gasteiger partial charge in [-0.05, 0) is 46.5 Å². The molecule has 0 amide bonds. The van der Waals surface area contributed by atoms with Gasteiger partial charge in [-0.2, -0.15) is 0 Å². The van der Waals surface area contributed by atoms with Crippen LogP contribution >= 0.6 is 15.9 Å². The number of carbonyl (C=O) groups excluding carboxylic acids is 1. The maximum absolute atomic E-state index is 11.7. The van der Waals surface area contributed by atoms with E-state index in [0.29, 0.717) is 28.0 Å². The maximum Gasteiger partial charge on any atom is 0.339 e. The van der Waals surface area contributed by atoms with Crippen molar-refractivity contribution < 1.29 is 24.1 Å². The topological polar surface area (TPSA) is 65.0 Å². The van der Waals surface area contributed by atoms with Crippen LogP contribution in [0.25, 0.3) is 0 Å². The summed E-state index contributed by atoms with van der Waals surface area (Å²) in [5, 5.41) is 10.1. The zero-order valence-electron chi connectivity index (χ0n) is 12.0. The van der Waals surface area contributed by atoms with E-state index in [4.69, 9.17) is 14.2 Å². The van der Waals surface area contributed by atoms with Gasteiger partial charge in [-0.3, -0.25) is 0 Å². The Bertz CT molecular complexity index is 487. The van der Waals surface area contributed by atoms with E-state index in [1.165, 1.54) is 14.2 Å². The van der Waals surface area contributed by atoms with Gasteiger partial charge in [-0.1, -0.05) is 6.92 Å². The molecule has 0 aliphatic carbocycles. The summed E-state index contributed by atoms with van der Waals surface area (Å²) in [6.45, 7) is 3.83.